The molecule has 0 aliphatic carbocycles. The Kier molecular flexibility index (Phi) is 4.80. The minimum absolute atomic E-state index is 0.0325. The zero-order valence-corrected chi connectivity index (χ0v) is 11.4. The van der Waals surface area contributed by atoms with Gasteiger partial charge in [-0.2, -0.15) is 4.37 Å². The highest BCUT2D eigenvalue weighted by molar-refractivity contribution is 7.11. The molecule has 1 atom stereocenters. The summed E-state index contributed by atoms with van der Waals surface area (Å²) in [5.41, 5.74) is 6.15. The Labute approximate surface area is 109 Å². The molecular formula is C11H17N3O3S. The molecule has 100 valence electrons. The highest BCUT2D eigenvalue weighted by Gasteiger charge is 2.22. The summed E-state index contributed by atoms with van der Waals surface area (Å²) in [6.07, 6.45) is 0.548. The second-order valence-electron chi connectivity index (χ2n) is 4.50. The van der Waals surface area contributed by atoms with Gasteiger partial charge in [-0.15, -0.1) is 0 Å². The number of amides is 1. The highest BCUT2D eigenvalue weighted by atomic mass is 32.1. The molecule has 1 aromatic rings. The molecule has 0 aromatic carbocycles. The summed E-state index contributed by atoms with van der Waals surface area (Å²) in [6.45, 7) is 5.52. The molecule has 0 spiro atoms. The number of aromatic nitrogens is 1. The molecule has 6 nitrogen and oxygen atoms in total. The first-order valence-corrected chi connectivity index (χ1v) is 6.36. The summed E-state index contributed by atoms with van der Waals surface area (Å²) < 4.78 is 3.92. The zero-order chi connectivity index (χ0) is 13.9. The Morgan fingerprint density at radius 3 is 2.61 bits per heavy atom. The van der Waals surface area contributed by atoms with Gasteiger partial charge in [-0.25, -0.2) is 4.79 Å². The van der Waals surface area contributed by atoms with Crippen LogP contribution in [0.5, 0.6) is 0 Å². The number of nitrogens with one attached hydrogen (secondary N) is 1. The first kappa shape index (κ1) is 14.6. The van der Waals surface area contributed by atoms with Gasteiger partial charge in [0.05, 0.1) is 11.7 Å². The zero-order valence-electron chi connectivity index (χ0n) is 10.6. The second-order valence-corrected chi connectivity index (χ2v) is 5.28. The largest absolute Gasteiger partial charge is 0.478 e. The number of aromatic carboxylic acids is 1. The van der Waals surface area contributed by atoms with Crippen molar-refractivity contribution in [1.82, 2.24) is 4.37 Å². The molecule has 1 amide bonds. The van der Waals surface area contributed by atoms with Crippen LogP contribution >= 0.6 is 11.5 Å². The number of carbonyl (C=O) groups is 2. The molecule has 0 radical (unpaired) electrons. The number of carbonyl (C=O) groups excluding carboxylic acids is 1. The molecule has 0 saturated carbocycles. The van der Waals surface area contributed by atoms with E-state index in [1.54, 1.807) is 6.92 Å². The lowest BCUT2D eigenvalue weighted by atomic mass is 10.0. The van der Waals surface area contributed by atoms with E-state index in [0.717, 1.165) is 11.5 Å². The van der Waals surface area contributed by atoms with Gasteiger partial charge < -0.3 is 16.2 Å². The van der Waals surface area contributed by atoms with Crippen LogP contribution < -0.4 is 11.1 Å². The van der Waals surface area contributed by atoms with Crippen molar-refractivity contribution in [2.75, 3.05) is 5.32 Å². The number of hydrogen-bond donors (Lipinski definition) is 3. The number of carboxylic acid groups (broad SMARTS) is 1. The molecule has 0 saturated heterocycles. The van der Waals surface area contributed by atoms with Gasteiger partial charge in [-0.05, 0) is 30.8 Å². The molecule has 18 heavy (non-hydrogen) atoms. The summed E-state index contributed by atoms with van der Waals surface area (Å²) in [6, 6.07) is -0.644. The summed E-state index contributed by atoms with van der Waals surface area (Å²) >= 11 is 0.951. The van der Waals surface area contributed by atoms with Crippen LogP contribution in [0, 0.1) is 12.8 Å². The summed E-state index contributed by atoms with van der Waals surface area (Å²) in [5.74, 6) is -1.18. The summed E-state index contributed by atoms with van der Waals surface area (Å²) in [4.78, 5) is 22.8. The van der Waals surface area contributed by atoms with Gasteiger partial charge in [0.15, 0.2) is 0 Å². The normalized spacial score (nSPS) is 12.5. The molecule has 0 unspecified atom stereocenters. The van der Waals surface area contributed by atoms with Crippen molar-refractivity contribution < 1.29 is 14.7 Å². The first-order chi connectivity index (χ1) is 8.32. The van der Waals surface area contributed by atoms with E-state index in [9.17, 15) is 9.59 Å². The van der Waals surface area contributed by atoms with Crippen LogP contribution in [0.1, 0.15) is 36.3 Å². The maximum Gasteiger partial charge on any atom is 0.340 e. The van der Waals surface area contributed by atoms with Gasteiger partial charge in [0.25, 0.3) is 0 Å². The van der Waals surface area contributed by atoms with Crippen molar-refractivity contribution in [3.63, 3.8) is 0 Å². The monoisotopic (exact) mass is 271 g/mol. The Balaban J connectivity index is 2.79. The van der Waals surface area contributed by atoms with Crippen molar-refractivity contribution in [3.8, 4) is 0 Å². The van der Waals surface area contributed by atoms with Crippen LogP contribution in [0.15, 0.2) is 0 Å². The van der Waals surface area contributed by atoms with Gasteiger partial charge >= 0.3 is 5.97 Å². The molecule has 7 heteroatoms. The van der Waals surface area contributed by atoms with E-state index in [1.165, 1.54) is 0 Å². The number of anilines is 1. The van der Waals surface area contributed by atoms with Crippen LogP contribution in [0.3, 0.4) is 0 Å². The third-order valence-electron chi connectivity index (χ3n) is 2.38. The Bertz CT molecular complexity index is 456. The molecular weight excluding hydrogens is 254 g/mol. The van der Waals surface area contributed by atoms with E-state index in [1.807, 2.05) is 13.8 Å². The molecule has 0 bridgehead atoms. The molecule has 0 aliphatic heterocycles. The van der Waals surface area contributed by atoms with Crippen molar-refractivity contribution >= 4 is 28.4 Å². The van der Waals surface area contributed by atoms with E-state index >= 15 is 0 Å². The number of nitrogens with zero attached hydrogens (tertiary/aromatic N) is 1. The third-order valence-corrected chi connectivity index (χ3v) is 3.23. The van der Waals surface area contributed by atoms with Crippen LogP contribution in [0.4, 0.5) is 5.00 Å². The molecule has 1 aromatic heterocycles. The average molecular weight is 271 g/mol. The number of rotatable bonds is 5. The van der Waals surface area contributed by atoms with Gasteiger partial charge in [-0.1, -0.05) is 13.8 Å². The Morgan fingerprint density at radius 1 is 1.50 bits per heavy atom. The first-order valence-electron chi connectivity index (χ1n) is 5.59. The van der Waals surface area contributed by atoms with Crippen LogP contribution in [0.25, 0.3) is 0 Å². The van der Waals surface area contributed by atoms with Gasteiger partial charge in [0.1, 0.15) is 10.6 Å². The van der Waals surface area contributed by atoms with E-state index in [2.05, 4.69) is 9.69 Å². The standard InChI is InChI=1S/C11H17N3O3S/c1-5(2)4-7(12)9(15)13-10-8(11(16)17)6(3)14-18-10/h5,7H,4,12H2,1-3H3,(H,13,15)(H,16,17)/t7-/m0/s1. The SMILES string of the molecule is Cc1nsc(NC(=O)[C@@H](N)CC(C)C)c1C(=O)O. The van der Waals surface area contributed by atoms with Crippen LogP contribution in [-0.2, 0) is 4.79 Å². The van der Waals surface area contributed by atoms with E-state index in [0.29, 0.717) is 18.0 Å². The summed E-state index contributed by atoms with van der Waals surface area (Å²) in [7, 11) is 0. The van der Waals surface area contributed by atoms with Gasteiger partial charge in [0, 0.05) is 0 Å². The molecule has 1 heterocycles. The maximum atomic E-state index is 11.8. The minimum atomic E-state index is -1.10. The maximum absolute atomic E-state index is 11.8. The number of aryl methyl sites for hydroxylation is 1. The predicted octanol–water partition coefficient (Wildman–Crippen LogP) is 1.46. The number of carboxylic acids is 1. The van der Waals surface area contributed by atoms with E-state index in [-0.39, 0.29) is 16.5 Å². The third kappa shape index (κ3) is 3.51. The van der Waals surface area contributed by atoms with Crippen molar-refractivity contribution in [2.45, 2.75) is 33.2 Å². The molecule has 0 fully saturated rings. The predicted molar refractivity (Wildman–Crippen MR) is 69.9 cm³/mol. The lowest BCUT2D eigenvalue weighted by Crippen LogP contribution is -2.36. The molecule has 0 aliphatic rings. The second kappa shape index (κ2) is 5.92. The smallest absolute Gasteiger partial charge is 0.340 e. The highest BCUT2D eigenvalue weighted by Crippen LogP contribution is 2.24. The van der Waals surface area contributed by atoms with Gasteiger partial charge in [-0.3, -0.25) is 4.79 Å². The fourth-order valence-electron chi connectivity index (χ4n) is 1.53. The quantitative estimate of drug-likeness (QED) is 0.752. The van der Waals surface area contributed by atoms with E-state index in [4.69, 9.17) is 10.8 Å². The van der Waals surface area contributed by atoms with Crippen LogP contribution in [0.2, 0.25) is 0 Å². The Morgan fingerprint density at radius 2 is 2.11 bits per heavy atom. The van der Waals surface area contributed by atoms with Crippen molar-refractivity contribution in [2.24, 2.45) is 11.7 Å². The van der Waals surface area contributed by atoms with Gasteiger partial charge in [0.2, 0.25) is 5.91 Å². The van der Waals surface area contributed by atoms with Crippen molar-refractivity contribution in [1.29, 1.82) is 0 Å². The van der Waals surface area contributed by atoms with Crippen molar-refractivity contribution in [3.05, 3.63) is 11.3 Å². The lowest BCUT2D eigenvalue weighted by Gasteiger charge is -2.13. The fourth-order valence-corrected chi connectivity index (χ4v) is 2.32. The topological polar surface area (TPSA) is 105 Å². The van der Waals surface area contributed by atoms with E-state index < -0.39 is 12.0 Å². The molecule has 4 N–H and O–H groups in total. The minimum Gasteiger partial charge on any atom is -0.478 e. The summed E-state index contributed by atoms with van der Waals surface area (Å²) in [5, 5.41) is 11.8. The number of hydrogen-bond acceptors (Lipinski definition) is 5. The lowest BCUT2D eigenvalue weighted by molar-refractivity contribution is -0.117. The van der Waals surface area contributed by atoms with Crippen LogP contribution in [-0.4, -0.2) is 27.4 Å². The molecule has 1 rings (SSSR count). The fraction of sp³-hybridized carbons (Fsp3) is 0.545. The number of nitrogens with two attached hydrogens (primary N) is 1. The average Bonchev–Trinajstić information content (AvgIpc) is 2.58. The Hall–Kier alpha value is -1.47.